The number of hydrogen-bond acceptors (Lipinski definition) is 5. The molecule has 0 spiro atoms. The van der Waals surface area contributed by atoms with Crippen molar-refractivity contribution in [3.8, 4) is 10.6 Å². The maximum absolute atomic E-state index is 12.9. The van der Waals surface area contributed by atoms with Gasteiger partial charge in [-0.2, -0.15) is 0 Å². The van der Waals surface area contributed by atoms with Crippen LogP contribution in [0.25, 0.3) is 10.6 Å². The Morgan fingerprint density at radius 1 is 1.24 bits per heavy atom. The number of benzene rings is 1. The van der Waals surface area contributed by atoms with Gasteiger partial charge in [0.25, 0.3) is 5.91 Å². The van der Waals surface area contributed by atoms with Crippen LogP contribution >= 0.6 is 11.3 Å². The molecule has 126 valence electrons. The summed E-state index contributed by atoms with van der Waals surface area (Å²) in [4.78, 5) is 30.3. The number of furan rings is 1. The molecular formula is C18H14N2O4S. The molecule has 4 rings (SSSR count). The predicted molar refractivity (Wildman–Crippen MR) is 91.3 cm³/mol. The number of carbonyl (C=O) groups is 2. The van der Waals surface area contributed by atoms with Gasteiger partial charge in [-0.3, -0.25) is 4.79 Å². The van der Waals surface area contributed by atoms with Gasteiger partial charge in [0.2, 0.25) is 0 Å². The lowest BCUT2D eigenvalue weighted by atomic mass is 9.94. The second-order valence-corrected chi connectivity index (χ2v) is 6.67. The summed E-state index contributed by atoms with van der Waals surface area (Å²) in [5.74, 6) is -1.37. The molecule has 7 heteroatoms. The average molecular weight is 354 g/mol. The van der Waals surface area contributed by atoms with E-state index in [1.807, 2.05) is 24.3 Å². The summed E-state index contributed by atoms with van der Waals surface area (Å²) in [5.41, 5.74) is 2.99. The topological polar surface area (TPSA) is 83.6 Å². The third-order valence-electron chi connectivity index (χ3n) is 4.29. The molecule has 0 unspecified atom stereocenters. The highest BCUT2D eigenvalue weighted by atomic mass is 32.1. The van der Waals surface area contributed by atoms with Crippen molar-refractivity contribution in [1.82, 2.24) is 9.88 Å². The van der Waals surface area contributed by atoms with E-state index in [4.69, 9.17) is 4.42 Å². The molecule has 1 atom stereocenters. The highest BCUT2D eigenvalue weighted by molar-refractivity contribution is 7.13. The number of nitrogens with zero attached hydrogens (tertiary/aromatic N) is 2. The van der Waals surface area contributed by atoms with E-state index in [1.165, 1.54) is 16.2 Å². The number of carbonyl (C=O) groups excluding carboxylic acids is 1. The van der Waals surface area contributed by atoms with Crippen LogP contribution in [0.5, 0.6) is 0 Å². The van der Waals surface area contributed by atoms with Crippen molar-refractivity contribution in [1.29, 1.82) is 0 Å². The zero-order valence-corrected chi connectivity index (χ0v) is 13.9. The first-order valence-corrected chi connectivity index (χ1v) is 8.60. The van der Waals surface area contributed by atoms with Gasteiger partial charge in [0.05, 0.1) is 6.26 Å². The van der Waals surface area contributed by atoms with E-state index >= 15 is 0 Å². The lowest BCUT2D eigenvalue weighted by molar-refractivity contribution is -0.142. The number of aliphatic carboxylic acids is 1. The summed E-state index contributed by atoms with van der Waals surface area (Å²) in [7, 11) is 0. The zero-order valence-electron chi connectivity index (χ0n) is 13.1. The van der Waals surface area contributed by atoms with Gasteiger partial charge in [0, 0.05) is 23.9 Å². The van der Waals surface area contributed by atoms with Crippen molar-refractivity contribution < 1.29 is 19.1 Å². The van der Waals surface area contributed by atoms with Crippen LogP contribution in [-0.4, -0.2) is 32.9 Å². The number of amides is 1. The zero-order chi connectivity index (χ0) is 17.4. The summed E-state index contributed by atoms with van der Waals surface area (Å²) in [6.07, 6.45) is 3.40. The second-order valence-electron chi connectivity index (χ2n) is 5.81. The maximum atomic E-state index is 12.9. The number of rotatable bonds is 3. The number of fused-ring (bicyclic) bond motifs is 1. The molecule has 1 amide bonds. The smallest absolute Gasteiger partial charge is 0.326 e. The molecule has 1 N–H and O–H groups in total. The Balaban J connectivity index is 1.65. The number of carboxylic acids is 1. The molecule has 0 saturated heterocycles. The van der Waals surface area contributed by atoms with E-state index in [9.17, 15) is 14.7 Å². The molecule has 0 radical (unpaired) electrons. The Labute approximate surface area is 147 Å². The van der Waals surface area contributed by atoms with Crippen molar-refractivity contribution in [2.45, 2.75) is 19.0 Å². The summed E-state index contributed by atoms with van der Waals surface area (Å²) >= 11 is 1.33. The highest BCUT2D eigenvalue weighted by Crippen LogP contribution is 2.28. The minimum absolute atomic E-state index is 0.256. The molecule has 2 aromatic heterocycles. The van der Waals surface area contributed by atoms with E-state index in [-0.39, 0.29) is 18.1 Å². The molecule has 0 saturated carbocycles. The van der Waals surface area contributed by atoms with Gasteiger partial charge < -0.3 is 14.4 Å². The molecule has 1 aliphatic heterocycles. The third-order valence-corrected chi connectivity index (χ3v) is 5.18. The van der Waals surface area contributed by atoms with Gasteiger partial charge >= 0.3 is 5.97 Å². The minimum atomic E-state index is -1.01. The number of hydrogen-bond donors (Lipinski definition) is 1. The number of aromatic nitrogens is 1. The fraction of sp³-hybridized carbons (Fsp3) is 0.167. The van der Waals surface area contributed by atoms with Crippen LogP contribution in [0.15, 0.2) is 52.7 Å². The first-order valence-electron chi connectivity index (χ1n) is 7.72. The molecule has 1 aromatic carbocycles. The molecule has 0 aliphatic carbocycles. The van der Waals surface area contributed by atoms with Crippen molar-refractivity contribution in [3.05, 3.63) is 65.1 Å². The molecule has 1 aliphatic rings. The first kappa shape index (κ1) is 15.6. The van der Waals surface area contributed by atoms with Gasteiger partial charge in [-0.1, -0.05) is 24.3 Å². The lowest BCUT2D eigenvalue weighted by Crippen LogP contribution is -2.48. The molecular weight excluding hydrogens is 340 g/mol. The van der Waals surface area contributed by atoms with E-state index in [0.717, 1.165) is 16.7 Å². The van der Waals surface area contributed by atoms with Crippen LogP contribution in [0, 0.1) is 0 Å². The van der Waals surface area contributed by atoms with Crippen molar-refractivity contribution >= 4 is 23.2 Å². The van der Waals surface area contributed by atoms with Crippen molar-refractivity contribution in [3.63, 3.8) is 0 Å². The molecule has 3 aromatic rings. The fourth-order valence-corrected chi connectivity index (χ4v) is 3.77. The Morgan fingerprint density at radius 3 is 2.76 bits per heavy atom. The van der Waals surface area contributed by atoms with Gasteiger partial charge in [0.15, 0.2) is 0 Å². The Hall–Kier alpha value is -2.93. The fourth-order valence-electron chi connectivity index (χ4n) is 2.99. The SMILES string of the molecule is O=C(O)[C@@H]1Cc2ccccc2CN1C(=O)c1csc(-c2ccoc2)n1. The van der Waals surface area contributed by atoms with Crippen LogP contribution < -0.4 is 0 Å². The van der Waals surface area contributed by atoms with Gasteiger partial charge in [-0.05, 0) is 17.2 Å². The summed E-state index contributed by atoms with van der Waals surface area (Å²) in [5, 5.41) is 11.9. The normalized spacial score (nSPS) is 16.5. The number of carboxylic acid groups (broad SMARTS) is 1. The van der Waals surface area contributed by atoms with Crippen molar-refractivity contribution in [2.24, 2.45) is 0 Å². The maximum Gasteiger partial charge on any atom is 0.326 e. The van der Waals surface area contributed by atoms with Crippen LogP contribution in [0.4, 0.5) is 0 Å². The lowest BCUT2D eigenvalue weighted by Gasteiger charge is -2.34. The van der Waals surface area contributed by atoms with E-state index in [1.54, 1.807) is 24.0 Å². The Morgan fingerprint density at radius 2 is 2.04 bits per heavy atom. The predicted octanol–water partition coefficient (Wildman–Crippen LogP) is 3.05. The summed E-state index contributed by atoms with van der Waals surface area (Å²) in [6, 6.07) is 8.49. The largest absolute Gasteiger partial charge is 0.480 e. The van der Waals surface area contributed by atoms with Crippen LogP contribution in [-0.2, 0) is 17.8 Å². The monoisotopic (exact) mass is 354 g/mol. The van der Waals surface area contributed by atoms with E-state index in [2.05, 4.69) is 4.98 Å². The van der Waals surface area contributed by atoms with Gasteiger partial charge in [0.1, 0.15) is 23.0 Å². The Bertz CT molecular complexity index is 932. The summed E-state index contributed by atoms with van der Waals surface area (Å²) in [6.45, 7) is 0.268. The minimum Gasteiger partial charge on any atom is -0.480 e. The molecule has 3 heterocycles. The standard InChI is InChI=1S/C18H14N2O4S/c21-17(14-10-25-16(19-14)13-5-6-24-9-13)20-8-12-4-2-1-3-11(12)7-15(20)18(22)23/h1-6,9-10,15H,7-8H2,(H,22,23)/t15-/m0/s1. The van der Waals surface area contributed by atoms with Gasteiger partial charge in [-0.25, -0.2) is 9.78 Å². The van der Waals surface area contributed by atoms with Crippen LogP contribution in [0.1, 0.15) is 21.6 Å². The highest BCUT2D eigenvalue weighted by Gasteiger charge is 2.35. The van der Waals surface area contributed by atoms with E-state index in [0.29, 0.717) is 11.4 Å². The molecule has 0 bridgehead atoms. The molecule has 25 heavy (non-hydrogen) atoms. The van der Waals surface area contributed by atoms with Crippen LogP contribution in [0.2, 0.25) is 0 Å². The van der Waals surface area contributed by atoms with Crippen molar-refractivity contribution in [2.75, 3.05) is 0 Å². The quantitative estimate of drug-likeness (QED) is 0.781. The van der Waals surface area contributed by atoms with E-state index < -0.39 is 12.0 Å². The first-order chi connectivity index (χ1) is 12.1. The third kappa shape index (κ3) is 2.83. The molecule has 6 nitrogen and oxygen atoms in total. The molecule has 0 fully saturated rings. The number of thiazole rings is 1. The average Bonchev–Trinajstić information content (AvgIpc) is 3.31. The second kappa shape index (κ2) is 6.18. The Kier molecular flexibility index (Phi) is 3.85. The van der Waals surface area contributed by atoms with Gasteiger partial charge in [-0.15, -0.1) is 11.3 Å². The summed E-state index contributed by atoms with van der Waals surface area (Å²) < 4.78 is 5.04. The van der Waals surface area contributed by atoms with Crippen LogP contribution in [0.3, 0.4) is 0 Å².